The van der Waals surface area contributed by atoms with Gasteiger partial charge in [-0.25, -0.2) is 8.42 Å². The average molecular weight is 455 g/mol. The summed E-state index contributed by atoms with van der Waals surface area (Å²) in [5.41, 5.74) is 2.38. The van der Waals surface area contributed by atoms with Crippen LogP contribution in [0.25, 0.3) is 11.3 Å². The van der Waals surface area contributed by atoms with Crippen LogP contribution in [0.1, 0.15) is 42.2 Å². The van der Waals surface area contributed by atoms with Gasteiger partial charge in [0.05, 0.1) is 10.6 Å². The number of nitrogens with one attached hydrogen (secondary N) is 2. The molecule has 2 aromatic carbocycles. The van der Waals surface area contributed by atoms with Crippen LogP contribution in [0.3, 0.4) is 0 Å². The fourth-order valence-electron chi connectivity index (χ4n) is 3.91. The highest BCUT2D eigenvalue weighted by Crippen LogP contribution is 2.31. The number of phenolic OH excluding ortho intramolecular Hbond substituents is 1. The summed E-state index contributed by atoms with van der Waals surface area (Å²) in [7, 11) is -3.56. The molecule has 4 rings (SSSR count). The van der Waals surface area contributed by atoms with Gasteiger partial charge in [0.15, 0.2) is 0 Å². The van der Waals surface area contributed by atoms with Gasteiger partial charge in [-0.15, -0.1) is 0 Å². The minimum Gasteiger partial charge on any atom is -0.507 e. The van der Waals surface area contributed by atoms with Gasteiger partial charge in [-0.05, 0) is 68.7 Å². The second-order valence-corrected chi connectivity index (χ2v) is 9.97. The van der Waals surface area contributed by atoms with Crippen LogP contribution in [-0.4, -0.2) is 46.5 Å². The highest BCUT2D eigenvalue weighted by Gasteiger charge is 2.30. The Hall–Kier alpha value is -3.17. The molecule has 3 N–H and O–H groups in total. The largest absolute Gasteiger partial charge is 0.507 e. The number of amides is 1. The number of para-hydroxylation sites is 1. The fraction of sp³-hybridized carbons (Fsp3) is 0.304. The smallest absolute Gasteiger partial charge is 0.273 e. The first-order chi connectivity index (χ1) is 15.3. The van der Waals surface area contributed by atoms with Crippen LogP contribution in [-0.2, 0) is 10.0 Å². The van der Waals surface area contributed by atoms with Gasteiger partial charge in [0, 0.05) is 23.8 Å². The SMILES string of the molecule is Cc1cccc(-c2cc(C(=O)Nc3ccc(S(=O)(=O)N4CCCCC4C)cc3)[nH]n2)c1O. The minimum atomic E-state index is -3.56. The summed E-state index contributed by atoms with van der Waals surface area (Å²) >= 11 is 0. The molecule has 1 aliphatic heterocycles. The lowest BCUT2D eigenvalue weighted by atomic mass is 10.1. The molecule has 1 atom stereocenters. The number of carbonyl (C=O) groups is 1. The molecule has 32 heavy (non-hydrogen) atoms. The summed E-state index contributed by atoms with van der Waals surface area (Å²) in [6, 6.07) is 13.0. The van der Waals surface area contributed by atoms with Gasteiger partial charge >= 0.3 is 0 Å². The molecule has 0 saturated carbocycles. The van der Waals surface area contributed by atoms with Crippen molar-refractivity contribution in [3.05, 3.63) is 59.8 Å². The van der Waals surface area contributed by atoms with Crippen molar-refractivity contribution in [3.8, 4) is 17.0 Å². The Kier molecular flexibility index (Phi) is 6.03. The van der Waals surface area contributed by atoms with E-state index in [1.807, 2.05) is 6.92 Å². The maximum absolute atomic E-state index is 12.9. The second-order valence-electron chi connectivity index (χ2n) is 8.08. The number of aromatic hydroxyl groups is 1. The molecular weight excluding hydrogens is 428 g/mol. The number of sulfonamides is 1. The summed E-state index contributed by atoms with van der Waals surface area (Å²) in [6.07, 6.45) is 2.76. The number of nitrogens with zero attached hydrogens (tertiary/aromatic N) is 2. The number of H-pyrrole nitrogens is 1. The number of benzene rings is 2. The number of hydrogen-bond acceptors (Lipinski definition) is 5. The Bertz CT molecular complexity index is 1240. The van der Waals surface area contributed by atoms with Crippen molar-refractivity contribution in [2.45, 2.75) is 44.0 Å². The standard InChI is InChI=1S/C23H26N4O4S/c1-15-6-5-8-19(22(15)28)20-14-21(26-25-20)23(29)24-17-9-11-18(12-10-17)32(30,31)27-13-4-3-7-16(27)2/h5-6,8-12,14,16,28H,3-4,7,13H2,1-2H3,(H,24,29)(H,25,26). The number of aryl methyl sites for hydroxylation is 1. The first-order valence-electron chi connectivity index (χ1n) is 10.5. The van der Waals surface area contributed by atoms with Crippen LogP contribution in [0, 0.1) is 6.92 Å². The van der Waals surface area contributed by atoms with Crippen molar-refractivity contribution in [2.24, 2.45) is 0 Å². The first kappa shape index (κ1) is 22.0. The Morgan fingerprint density at radius 1 is 1.19 bits per heavy atom. The second kappa shape index (κ2) is 8.76. The average Bonchev–Trinajstić information content (AvgIpc) is 3.26. The zero-order valence-electron chi connectivity index (χ0n) is 18.0. The number of phenols is 1. The Labute approximate surface area is 187 Å². The first-order valence-corrected chi connectivity index (χ1v) is 12.0. The number of anilines is 1. The van der Waals surface area contributed by atoms with Gasteiger partial charge in [-0.3, -0.25) is 9.89 Å². The lowest BCUT2D eigenvalue weighted by Crippen LogP contribution is -2.41. The zero-order chi connectivity index (χ0) is 22.9. The van der Waals surface area contributed by atoms with Crippen LogP contribution in [0.2, 0.25) is 0 Å². The maximum atomic E-state index is 12.9. The van der Waals surface area contributed by atoms with Crippen molar-refractivity contribution in [1.29, 1.82) is 0 Å². The molecule has 3 aromatic rings. The predicted octanol–water partition coefficient (Wildman–Crippen LogP) is 3.91. The highest BCUT2D eigenvalue weighted by molar-refractivity contribution is 7.89. The molecule has 9 heteroatoms. The molecule has 1 aliphatic rings. The highest BCUT2D eigenvalue weighted by atomic mass is 32.2. The van der Waals surface area contributed by atoms with Crippen molar-refractivity contribution in [1.82, 2.24) is 14.5 Å². The minimum absolute atomic E-state index is 0.0180. The lowest BCUT2D eigenvalue weighted by molar-refractivity contribution is 0.102. The number of aromatic amines is 1. The van der Waals surface area contributed by atoms with Crippen molar-refractivity contribution >= 4 is 21.6 Å². The molecule has 168 valence electrons. The van der Waals surface area contributed by atoms with Crippen LogP contribution >= 0.6 is 0 Å². The number of carbonyl (C=O) groups excluding carboxylic acids is 1. The zero-order valence-corrected chi connectivity index (χ0v) is 18.8. The Morgan fingerprint density at radius 3 is 2.66 bits per heavy atom. The number of piperidine rings is 1. The van der Waals surface area contributed by atoms with Gasteiger partial charge in [0.25, 0.3) is 5.91 Å². The summed E-state index contributed by atoms with van der Waals surface area (Å²) < 4.78 is 27.4. The maximum Gasteiger partial charge on any atom is 0.273 e. The lowest BCUT2D eigenvalue weighted by Gasteiger charge is -2.32. The van der Waals surface area contributed by atoms with E-state index in [0.717, 1.165) is 19.3 Å². The molecule has 8 nitrogen and oxygen atoms in total. The summed E-state index contributed by atoms with van der Waals surface area (Å²) in [5, 5.41) is 19.8. The van der Waals surface area contributed by atoms with E-state index in [2.05, 4.69) is 15.5 Å². The van der Waals surface area contributed by atoms with Crippen LogP contribution in [0.15, 0.2) is 53.4 Å². The molecule has 1 amide bonds. The van der Waals surface area contributed by atoms with E-state index in [-0.39, 0.29) is 22.4 Å². The van der Waals surface area contributed by atoms with Gasteiger partial charge in [-0.2, -0.15) is 9.40 Å². The summed E-state index contributed by atoms with van der Waals surface area (Å²) in [4.78, 5) is 12.8. The quantitative estimate of drug-likeness (QED) is 0.541. The van der Waals surface area contributed by atoms with Crippen molar-refractivity contribution in [2.75, 3.05) is 11.9 Å². The van der Waals surface area contributed by atoms with E-state index in [1.54, 1.807) is 47.6 Å². The molecule has 1 unspecified atom stereocenters. The molecule has 1 saturated heterocycles. The predicted molar refractivity (Wildman–Crippen MR) is 122 cm³/mol. The van der Waals surface area contributed by atoms with Crippen molar-refractivity contribution in [3.63, 3.8) is 0 Å². The molecule has 1 fully saturated rings. The molecule has 0 bridgehead atoms. The topological polar surface area (TPSA) is 115 Å². The Balaban J connectivity index is 1.48. The van der Waals surface area contributed by atoms with E-state index < -0.39 is 15.9 Å². The third-order valence-electron chi connectivity index (χ3n) is 5.80. The number of aromatic nitrogens is 2. The van der Waals surface area contributed by atoms with E-state index in [9.17, 15) is 18.3 Å². The van der Waals surface area contributed by atoms with Gasteiger partial charge in [0.1, 0.15) is 11.4 Å². The molecule has 0 aliphatic carbocycles. The van der Waals surface area contributed by atoms with Gasteiger partial charge in [-0.1, -0.05) is 18.6 Å². The van der Waals surface area contributed by atoms with E-state index in [4.69, 9.17) is 0 Å². The van der Waals surface area contributed by atoms with Crippen molar-refractivity contribution < 1.29 is 18.3 Å². The van der Waals surface area contributed by atoms with Crippen LogP contribution in [0.4, 0.5) is 5.69 Å². The summed E-state index contributed by atoms with van der Waals surface area (Å²) in [6.45, 7) is 4.25. The van der Waals surface area contributed by atoms with Crippen LogP contribution < -0.4 is 5.32 Å². The van der Waals surface area contributed by atoms with E-state index >= 15 is 0 Å². The van der Waals surface area contributed by atoms with E-state index in [0.29, 0.717) is 29.1 Å². The third-order valence-corrected chi connectivity index (χ3v) is 7.82. The number of hydrogen-bond donors (Lipinski definition) is 3. The fourth-order valence-corrected chi connectivity index (χ4v) is 5.61. The number of rotatable bonds is 5. The van der Waals surface area contributed by atoms with E-state index in [1.165, 1.54) is 12.1 Å². The normalized spacial score (nSPS) is 17.2. The monoisotopic (exact) mass is 454 g/mol. The van der Waals surface area contributed by atoms with Gasteiger partial charge in [0.2, 0.25) is 10.0 Å². The third kappa shape index (κ3) is 4.26. The van der Waals surface area contributed by atoms with Gasteiger partial charge < -0.3 is 10.4 Å². The summed E-state index contributed by atoms with van der Waals surface area (Å²) in [5.74, 6) is -0.304. The molecule has 2 heterocycles. The Morgan fingerprint density at radius 2 is 1.94 bits per heavy atom. The molecule has 1 aromatic heterocycles. The molecule has 0 radical (unpaired) electrons. The van der Waals surface area contributed by atoms with Crippen LogP contribution in [0.5, 0.6) is 5.75 Å². The molecule has 0 spiro atoms. The molecular formula is C23H26N4O4S.